The standard InChI is InChI=1S/C21H20F2N2O5/c22-21(23)29-15-7-5-14(6-8-15)19(26)25-13-18(20(27)24-9-11-28-12-10-24)30-17-4-2-1-3-16(17)25/h1-8,18,21H,9-13H2/t18-/m0/s1. The van der Waals surface area contributed by atoms with E-state index in [0.29, 0.717) is 37.7 Å². The molecule has 0 N–H and O–H groups in total. The van der Waals surface area contributed by atoms with Gasteiger partial charge in [-0.1, -0.05) is 12.1 Å². The number of rotatable bonds is 4. The van der Waals surface area contributed by atoms with Crippen molar-refractivity contribution in [1.82, 2.24) is 4.90 Å². The second kappa shape index (κ2) is 8.66. The predicted molar refractivity (Wildman–Crippen MR) is 103 cm³/mol. The zero-order valence-electron chi connectivity index (χ0n) is 16.0. The molecule has 4 rings (SSSR count). The molecular weight excluding hydrogens is 398 g/mol. The van der Waals surface area contributed by atoms with Gasteiger partial charge >= 0.3 is 6.61 Å². The second-order valence-corrected chi connectivity index (χ2v) is 6.83. The molecule has 2 aliphatic rings. The Morgan fingerprint density at radius 1 is 1.03 bits per heavy atom. The molecule has 0 aliphatic carbocycles. The first kappa shape index (κ1) is 20.1. The number of nitrogens with zero attached hydrogens (tertiary/aromatic N) is 2. The van der Waals surface area contributed by atoms with Crippen molar-refractivity contribution < 1.29 is 32.6 Å². The molecule has 2 heterocycles. The largest absolute Gasteiger partial charge is 0.476 e. The Kier molecular flexibility index (Phi) is 5.80. The minimum atomic E-state index is -2.94. The van der Waals surface area contributed by atoms with Crippen molar-refractivity contribution in [2.75, 3.05) is 37.7 Å². The molecule has 2 amide bonds. The molecule has 0 bridgehead atoms. The normalized spacial score (nSPS) is 18.6. The molecule has 0 spiro atoms. The van der Waals surface area contributed by atoms with E-state index in [-0.39, 0.29) is 29.7 Å². The van der Waals surface area contributed by atoms with Gasteiger partial charge in [0.25, 0.3) is 11.8 Å². The van der Waals surface area contributed by atoms with Gasteiger partial charge in [0.2, 0.25) is 0 Å². The maximum Gasteiger partial charge on any atom is 0.387 e. The minimum absolute atomic E-state index is 0.0377. The Bertz CT molecular complexity index is 916. The number of hydrogen-bond acceptors (Lipinski definition) is 5. The summed E-state index contributed by atoms with van der Waals surface area (Å²) in [7, 11) is 0. The Morgan fingerprint density at radius 2 is 1.73 bits per heavy atom. The molecule has 1 atom stereocenters. The fraction of sp³-hybridized carbons (Fsp3) is 0.333. The summed E-state index contributed by atoms with van der Waals surface area (Å²) in [6.45, 7) is -1.03. The van der Waals surface area contributed by atoms with E-state index < -0.39 is 12.7 Å². The molecule has 2 aromatic rings. The number of hydrogen-bond donors (Lipinski definition) is 0. The quantitative estimate of drug-likeness (QED) is 0.764. The van der Waals surface area contributed by atoms with Gasteiger partial charge in [0.05, 0.1) is 25.4 Å². The van der Waals surface area contributed by atoms with Crippen LogP contribution in [0.3, 0.4) is 0 Å². The number of amides is 2. The van der Waals surface area contributed by atoms with Crippen LogP contribution in [0, 0.1) is 0 Å². The predicted octanol–water partition coefficient (Wildman–Crippen LogP) is 2.55. The first-order chi connectivity index (χ1) is 14.5. The van der Waals surface area contributed by atoms with E-state index in [9.17, 15) is 18.4 Å². The molecule has 0 unspecified atom stereocenters. The third-order valence-electron chi connectivity index (χ3n) is 4.94. The number of fused-ring (bicyclic) bond motifs is 1. The minimum Gasteiger partial charge on any atom is -0.476 e. The number of alkyl halides is 2. The average Bonchev–Trinajstić information content (AvgIpc) is 2.78. The molecule has 30 heavy (non-hydrogen) atoms. The molecule has 9 heteroatoms. The zero-order chi connectivity index (χ0) is 21.1. The van der Waals surface area contributed by atoms with E-state index in [1.165, 1.54) is 29.2 Å². The van der Waals surface area contributed by atoms with Crippen molar-refractivity contribution in [3.63, 3.8) is 0 Å². The number of carbonyl (C=O) groups is 2. The lowest BCUT2D eigenvalue weighted by Crippen LogP contribution is -2.54. The molecule has 158 valence electrons. The lowest BCUT2D eigenvalue weighted by molar-refractivity contribution is -0.142. The highest BCUT2D eigenvalue weighted by Gasteiger charge is 2.36. The van der Waals surface area contributed by atoms with Crippen molar-refractivity contribution in [3.8, 4) is 11.5 Å². The Morgan fingerprint density at radius 3 is 2.43 bits per heavy atom. The summed E-state index contributed by atoms with van der Waals surface area (Å²) in [5, 5.41) is 0. The zero-order valence-corrected chi connectivity index (χ0v) is 16.0. The maximum absolute atomic E-state index is 13.2. The summed E-state index contributed by atoms with van der Waals surface area (Å²) in [5.41, 5.74) is 0.826. The van der Waals surface area contributed by atoms with Gasteiger partial charge in [0.15, 0.2) is 6.10 Å². The monoisotopic (exact) mass is 418 g/mol. The average molecular weight is 418 g/mol. The Labute approximate surface area is 171 Å². The molecule has 1 saturated heterocycles. The fourth-order valence-corrected chi connectivity index (χ4v) is 3.48. The van der Waals surface area contributed by atoms with E-state index >= 15 is 0 Å². The SMILES string of the molecule is O=C([C@@H]1CN(C(=O)c2ccc(OC(F)F)cc2)c2ccccc2O1)N1CCOCC1. The van der Waals surface area contributed by atoms with Crippen molar-refractivity contribution in [2.24, 2.45) is 0 Å². The van der Waals surface area contributed by atoms with Crippen LogP contribution in [0.25, 0.3) is 0 Å². The van der Waals surface area contributed by atoms with E-state index in [0.717, 1.165) is 0 Å². The van der Waals surface area contributed by atoms with Gasteiger partial charge in [-0.2, -0.15) is 8.78 Å². The third kappa shape index (κ3) is 4.20. The first-order valence-corrected chi connectivity index (χ1v) is 9.52. The lowest BCUT2D eigenvalue weighted by Gasteiger charge is -2.37. The fourth-order valence-electron chi connectivity index (χ4n) is 3.48. The summed E-state index contributed by atoms with van der Waals surface area (Å²) in [4.78, 5) is 29.3. The number of morpholine rings is 1. The summed E-state index contributed by atoms with van der Waals surface area (Å²) >= 11 is 0. The van der Waals surface area contributed by atoms with Gasteiger partial charge in [-0.3, -0.25) is 9.59 Å². The maximum atomic E-state index is 13.2. The molecular formula is C21H20F2N2O5. The highest BCUT2D eigenvalue weighted by molar-refractivity contribution is 6.08. The van der Waals surface area contributed by atoms with Crippen LogP contribution in [0.15, 0.2) is 48.5 Å². The summed E-state index contributed by atoms with van der Waals surface area (Å²) in [5.74, 6) is -0.175. The second-order valence-electron chi connectivity index (χ2n) is 6.83. The molecule has 1 fully saturated rings. The summed E-state index contributed by atoms with van der Waals surface area (Å²) < 4.78 is 40.2. The summed E-state index contributed by atoms with van der Waals surface area (Å²) in [6, 6.07) is 12.4. The number of anilines is 1. The molecule has 2 aliphatic heterocycles. The van der Waals surface area contributed by atoms with Gasteiger partial charge in [-0.25, -0.2) is 0 Å². The lowest BCUT2D eigenvalue weighted by atomic mass is 10.1. The van der Waals surface area contributed by atoms with Gasteiger partial charge in [0.1, 0.15) is 11.5 Å². The van der Waals surface area contributed by atoms with Gasteiger partial charge < -0.3 is 24.0 Å². The Balaban J connectivity index is 1.57. The Hall–Kier alpha value is -3.20. The molecule has 2 aromatic carbocycles. The summed E-state index contributed by atoms with van der Waals surface area (Å²) in [6.07, 6.45) is -0.844. The van der Waals surface area contributed by atoms with Crippen molar-refractivity contribution in [3.05, 3.63) is 54.1 Å². The van der Waals surface area contributed by atoms with E-state index in [2.05, 4.69) is 4.74 Å². The van der Waals surface area contributed by atoms with Crippen LogP contribution >= 0.6 is 0 Å². The van der Waals surface area contributed by atoms with Gasteiger partial charge in [-0.05, 0) is 36.4 Å². The van der Waals surface area contributed by atoms with Crippen molar-refractivity contribution in [1.29, 1.82) is 0 Å². The van der Waals surface area contributed by atoms with E-state index in [1.54, 1.807) is 29.2 Å². The highest BCUT2D eigenvalue weighted by atomic mass is 19.3. The molecule has 0 saturated carbocycles. The highest BCUT2D eigenvalue weighted by Crippen LogP contribution is 2.34. The van der Waals surface area contributed by atoms with Crippen LogP contribution in [0.2, 0.25) is 0 Å². The number of para-hydroxylation sites is 2. The van der Waals surface area contributed by atoms with Crippen LogP contribution in [0.5, 0.6) is 11.5 Å². The van der Waals surface area contributed by atoms with E-state index in [4.69, 9.17) is 9.47 Å². The molecule has 7 nitrogen and oxygen atoms in total. The number of ether oxygens (including phenoxy) is 3. The molecule has 0 aromatic heterocycles. The van der Waals surface area contributed by atoms with Crippen molar-refractivity contribution >= 4 is 17.5 Å². The van der Waals surface area contributed by atoms with Crippen LogP contribution in [0.1, 0.15) is 10.4 Å². The number of carbonyl (C=O) groups excluding carboxylic acids is 2. The molecule has 0 radical (unpaired) electrons. The number of halogens is 2. The smallest absolute Gasteiger partial charge is 0.387 e. The van der Waals surface area contributed by atoms with Crippen LogP contribution in [-0.2, 0) is 9.53 Å². The topological polar surface area (TPSA) is 68.3 Å². The van der Waals surface area contributed by atoms with Crippen LogP contribution in [0.4, 0.5) is 14.5 Å². The van der Waals surface area contributed by atoms with Gasteiger partial charge in [0, 0.05) is 18.7 Å². The van der Waals surface area contributed by atoms with Crippen LogP contribution < -0.4 is 14.4 Å². The van der Waals surface area contributed by atoms with E-state index in [1.807, 2.05) is 0 Å². The van der Waals surface area contributed by atoms with Crippen LogP contribution in [-0.4, -0.2) is 62.3 Å². The number of benzene rings is 2. The van der Waals surface area contributed by atoms with Gasteiger partial charge in [-0.15, -0.1) is 0 Å². The third-order valence-corrected chi connectivity index (χ3v) is 4.94. The van der Waals surface area contributed by atoms with Crippen molar-refractivity contribution in [2.45, 2.75) is 12.7 Å². The first-order valence-electron chi connectivity index (χ1n) is 9.52.